The van der Waals surface area contributed by atoms with Gasteiger partial charge in [0.15, 0.2) is 0 Å². The van der Waals surface area contributed by atoms with E-state index < -0.39 is 5.95 Å². The summed E-state index contributed by atoms with van der Waals surface area (Å²) in [5, 5.41) is 0. The average Bonchev–Trinajstić information content (AvgIpc) is 3.42. The Morgan fingerprint density at radius 3 is 2.06 bits per heavy atom. The third-order valence-corrected chi connectivity index (χ3v) is 5.30. The monoisotopic (exact) mass is 456 g/mol. The van der Waals surface area contributed by atoms with Crippen LogP contribution in [0.5, 0.6) is 0 Å². The fourth-order valence-corrected chi connectivity index (χ4v) is 3.79. The maximum atomic E-state index is 12.1. The molecule has 1 aliphatic rings. The second-order valence-corrected chi connectivity index (χ2v) is 9.03. The molecule has 0 spiro atoms. The number of pyridine rings is 1. The maximum absolute atomic E-state index is 12.1. The fourth-order valence-electron chi connectivity index (χ4n) is 3.79. The highest BCUT2D eigenvalue weighted by Gasteiger charge is 2.23. The first-order chi connectivity index (χ1) is 15.7. The largest absolute Gasteiger partial charge is 0.326 e. The molecule has 1 aliphatic heterocycles. The fraction of sp³-hybridized carbons (Fsp3) is 0.462. The molecule has 33 heavy (non-hydrogen) atoms. The molecule has 3 aromatic rings. The van der Waals surface area contributed by atoms with Gasteiger partial charge in [0.2, 0.25) is 5.95 Å². The van der Waals surface area contributed by atoms with Crippen molar-refractivity contribution in [3.8, 4) is 0 Å². The number of likely N-dealkylation sites (tertiary alicyclic amines) is 1. The number of benzene rings is 1. The van der Waals surface area contributed by atoms with Crippen molar-refractivity contribution in [3.05, 3.63) is 59.4 Å². The van der Waals surface area contributed by atoms with E-state index in [2.05, 4.69) is 60.3 Å². The second-order valence-electron chi connectivity index (χ2n) is 9.03. The van der Waals surface area contributed by atoms with Gasteiger partial charge in [-0.15, -0.1) is 0 Å². The number of aryl methyl sites for hydroxylation is 2. The molecule has 0 saturated carbocycles. The van der Waals surface area contributed by atoms with Crippen molar-refractivity contribution in [2.75, 3.05) is 19.6 Å². The first-order valence-corrected chi connectivity index (χ1v) is 11.1. The number of rotatable bonds is 3. The molecule has 0 N–H and O–H groups in total. The van der Waals surface area contributed by atoms with Gasteiger partial charge in [0.25, 0.3) is 0 Å². The molecule has 2 aromatic heterocycles. The van der Waals surface area contributed by atoms with Gasteiger partial charge >= 0.3 is 0 Å². The van der Waals surface area contributed by atoms with E-state index in [4.69, 9.17) is 14.6 Å². The summed E-state index contributed by atoms with van der Waals surface area (Å²) in [6, 6.07) is 9.78. The number of imidazole rings is 1. The van der Waals surface area contributed by atoms with Crippen LogP contribution >= 0.6 is 0 Å². The summed E-state index contributed by atoms with van der Waals surface area (Å²) in [7, 11) is 0. The number of carbonyl (C=O) groups is 2. The van der Waals surface area contributed by atoms with Crippen LogP contribution < -0.4 is 0 Å². The molecule has 1 aromatic carbocycles. The molecular formula is C26H37FN4O2. The van der Waals surface area contributed by atoms with Crippen LogP contribution in [-0.4, -0.2) is 52.6 Å². The van der Waals surface area contributed by atoms with E-state index in [0.717, 1.165) is 24.2 Å². The number of hydrogen-bond donors (Lipinski definition) is 0. The summed E-state index contributed by atoms with van der Waals surface area (Å²) in [5.74, 6) is 0.798. The molecule has 0 aliphatic carbocycles. The van der Waals surface area contributed by atoms with Crippen molar-refractivity contribution in [2.45, 2.75) is 59.4 Å². The van der Waals surface area contributed by atoms with Gasteiger partial charge in [-0.25, -0.2) is 9.97 Å². The minimum absolute atomic E-state index is 0.0813. The predicted molar refractivity (Wildman–Crippen MR) is 132 cm³/mol. The van der Waals surface area contributed by atoms with Gasteiger partial charge in [0.05, 0.1) is 11.0 Å². The van der Waals surface area contributed by atoms with Crippen LogP contribution in [0.25, 0.3) is 11.0 Å². The quantitative estimate of drug-likeness (QED) is 0.525. The van der Waals surface area contributed by atoms with E-state index in [1.165, 1.54) is 55.1 Å². The van der Waals surface area contributed by atoms with Crippen LogP contribution in [0.2, 0.25) is 0 Å². The van der Waals surface area contributed by atoms with Gasteiger partial charge in [0, 0.05) is 24.7 Å². The second kappa shape index (κ2) is 13.6. The van der Waals surface area contributed by atoms with E-state index in [9.17, 15) is 4.39 Å². The van der Waals surface area contributed by atoms with Gasteiger partial charge in [-0.2, -0.15) is 4.39 Å². The molecule has 6 nitrogen and oxygen atoms in total. The summed E-state index contributed by atoms with van der Waals surface area (Å²) < 4.78 is 14.5. The number of aromatic nitrogens is 3. The highest BCUT2D eigenvalue weighted by molar-refractivity contribution is 5.77. The van der Waals surface area contributed by atoms with Crippen molar-refractivity contribution in [1.82, 2.24) is 19.4 Å². The van der Waals surface area contributed by atoms with Gasteiger partial charge in [-0.05, 0) is 75.2 Å². The molecule has 0 atom stereocenters. The zero-order valence-electron chi connectivity index (χ0n) is 20.6. The smallest absolute Gasteiger partial charge is 0.213 e. The topological polar surface area (TPSA) is 68.1 Å². The van der Waals surface area contributed by atoms with E-state index in [1.54, 1.807) is 6.07 Å². The highest BCUT2D eigenvalue weighted by atomic mass is 19.1. The van der Waals surface area contributed by atoms with Crippen LogP contribution in [0.15, 0.2) is 36.5 Å². The summed E-state index contributed by atoms with van der Waals surface area (Å²) in [4.78, 5) is 26.9. The molecule has 0 bridgehead atoms. The number of halogens is 1. The Kier molecular flexibility index (Phi) is 11.6. The average molecular weight is 457 g/mol. The SMILES string of the molecule is C=O.C=O.Cc1ccc2c(c1)nc(C(C)(C)C)n2CCN1CCCC1.Cc1ccnc(F)c1. The molecule has 0 unspecified atom stereocenters. The normalized spacial score (nSPS) is 13.3. The van der Waals surface area contributed by atoms with Crippen molar-refractivity contribution in [3.63, 3.8) is 0 Å². The lowest BCUT2D eigenvalue weighted by atomic mass is 9.95. The lowest BCUT2D eigenvalue weighted by Gasteiger charge is -2.22. The maximum Gasteiger partial charge on any atom is 0.213 e. The molecule has 7 heteroatoms. The van der Waals surface area contributed by atoms with Gasteiger partial charge < -0.3 is 19.1 Å². The van der Waals surface area contributed by atoms with E-state index in [-0.39, 0.29) is 5.41 Å². The lowest BCUT2D eigenvalue weighted by molar-refractivity contribution is -0.0987. The molecular weight excluding hydrogens is 419 g/mol. The van der Waals surface area contributed by atoms with Crippen LogP contribution in [0, 0.1) is 19.8 Å². The number of nitrogens with zero attached hydrogens (tertiary/aromatic N) is 4. The molecule has 4 rings (SSSR count). The Bertz CT molecular complexity index is 972. The first-order valence-electron chi connectivity index (χ1n) is 11.1. The van der Waals surface area contributed by atoms with Gasteiger partial charge in [0.1, 0.15) is 19.4 Å². The Morgan fingerprint density at radius 2 is 1.55 bits per heavy atom. The van der Waals surface area contributed by atoms with Crippen LogP contribution in [-0.2, 0) is 21.5 Å². The van der Waals surface area contributed by atoms with Crippen molar-refractivity contribution >= 4 is 24.6 Å². The van der Waals surface area contributed by atoms with Gasteiger partial charge in [-0.1, -0.05) is 26.8 Å². The summed E-state index contributed by atoms with van der Waals surface area (Å²) in [6.45, 7) is 19.4. The van der Waals surface area contributed by atoms with Crippen molar-refractivity contribution in [1.29, 1.82) is 0 Å². The minimum atomic E-state index is -0.412. The van der Waals surface area contributed by atoms with Crippen LogP contribution in [0.4, 0.5) is 4.39 Å². The Balaban J connectivity index is 0.000000380. The van der Waals surface area contributed by atoms with E-state index in [0.29, 0.717) is 0 Å². The van der Waals surface area contributed by atoms with Gasteiger partial charge in [-0.3, -0.25) is 0 Å². The third kappa shape index (κ3) is 8.50. The Hall–Kier alpha value is -2.93. The zero-order valence-corrected chi connectivity index (χ0v) is 20.6. The van der Waals surface area contributed by atoms with Crippen LogP contribution in [0.3, 0.4) is 0 Å². The van der Waals surface area contributed by atoms with Crippen molar-refractivity contribution < 1.29 is 14.0 Å². The zero-order chi connectivity index (χ0) is 25.0. The minimum Gasteiger partial charge on any atom is -0.326 e. The molecule has 1 saturated heterocycles. The molecule has 3 heterocycles. The molecule has 0 amide bonds. The standard InChI is InChI=1S/C18H27N3.C6H6FN.2CH2O/c1-14-7-8-16-15(13-14)19-17(18(2,3)4)21(16)12-11-20-9-5-6-10-20;1-5-2-3-8-6(7)4-5;2*1-2/h7-8,13H,5-6,9-12H2,1-4H3;2-4H,1H3;2*1H2. The highest BCUT2D eigenvalue weighted by Crippen LogP contribution is 2.27. The van der Waals surface area contributed by atoms with Crippen molar-refractivity contribution in [2.24, 2.45) is 0 Å². The summed E-state index contributed by atoms with van der Waals surface area (Å²) >= 11 is 0. The van der Waals surface area contributed by atoms with E-state index in [1.807, 2.05) is 20.5 Å². The third-order valence-electron chi connectivity index (χ3n) is 5.30. The molecule has 0 radical (unpaired) electrons. The number of carbonyl (C=O) groups excluding carboxylic acids is 2. The Labute approximate surface area is 196 Å². The number of hydrogen-bond acceptors (Lipinski definition) is 5. The predicted octanol–water partition coefficient (Wildman–Crippen LogP) is 4.90. The molecule has 1 fully saturated rings. The number of fused-ring (bicyclic) bond motifs is 1. The summed E-state index contributed by atoms with van der Waals surface area (Å²) in [6.07, 6.45) is 4.16. The lowest BCUT2D eigenvalue weighted by Crippen LogP contribution is -2.27. The summed E-state index contributed by atoms with van der Waals surface area (Å²) in [5.41, 5.74) is 4.69. The molecule has 180 valence electrons. The Morgan fingerprint density at radius 1 is 0.939 bits per heavy atom. The van der Waals surface area contributed by atoms with Crippen LogP contribution in [0.1, 0.15) is 50.6 Å². The van der Waals surface area contributed by atoms with E-state index >= 15 is 0 Å². The first kappa shape index (κ1) is 28.1.